The van der Waals surface area contributed by atoms with Gasteiger partial charge in [0.25, 0.3) is 0 Å². The van der Waals surface area contributed by atoms with E-state index in [1.807, 2.05) is 0 Å². The van der Waals surface area contributed by atoms with Gasteiger partial charge >= 0.3 is 6.18 Å². The molecule has 0 aliphatic carbocycles. The molecule has 1 fully saturated rings. The number of hydrogen-bond donors (Lipinski definition) is 0. The Balaban J connectivity index is 2.14. The summed E-state index contributed by atoms with van der Waals surface area (Å²) in [4.78, 5) is 5.52. The van der Waals surface area contributed by atoms with Gasteiger partial charge in [-0.1, -0.05) is 6.92 Å². The third kappa shape index (κ3) is 2.28. The fourth-order valence-electron chi connectivity index (χ4n) is 1.91. The van der Waals surface area contributed by atoms with Gasteiger partial charge in [0, 0.05) is 13.1 Å². The molecule has 0 N–H and O–H groups in total. The van der Waals surface area contributed by atoms with E-state index in [0.717, 1.165) is 31.3 Å². The zero-order chi connectivity index (χ0) is 11.8. The minimum atomic E-state index is -4.35. The molecule has 0 bridgehead atoms. The lowest BCUT2D eigenvalue weighted by atomic mass is 10.2. The van der Waals surface area contributed by atoms with E-state index in [-0.39, 0.29) is 0 Å². The maximum Gasteiger partial charge on any atom is 0.433 e. The molecule has 88 valence electrons. The van der Waals surface area contributed by atoms with Gasteiger partial charge in [0.15, 0.2) is 0 Å². The van der Waals surface area contributed by atoms with Crippen molar-refractivity contribution in [1.29, 1.82) is 0 Å². The summed E-state index contributed by atoms with van der Waals surface area (Å²) in [5.74, 6) is 0.599. The van der Waals surface area contributed by atoms with Crippen LogP contribution in [0.3, 0.4) is 0 Å². The standard InChI is InChI=1S/C11H13F3N2/c1-8-4-5-16(7-8)9-2-3-10(15-6-9)11(12,13)14/h2-3,6,8H,4-5,7H2,1H3/t8-/m1/s1. The van der Waals surface area contributed by atoms with E-state index < -0.39 is 11.9 Å². The lowest BCUT2D eigenvalue weighted by Gasteiger charge is -2.18. The number of rotatable bonds is 1. The summed E-state index contributed by atoms with van der Waals surface area (Å²) in [6.07, 6.45) is -1.96. The summed E-state index contributed by atoms with van der Waals surface area (Å²) in [5.41, 5.74) is -0.0548. The van der Waals surface area contributed by atoms with Crippen LogP contribution >= 0.6 is 0 Å². The molecule has 0 saturated carbocycles. The maximum absolute atomic E-state index is 12.3. The van der Waals surface area contributed by atoms with Crippen molar-refractivity contribution in [2.75, 3.05) is 18.0 Å². The van der Waals surface area contributed by atoms with E-state index in [2.05, 4.69) is 16.8 Å². The van der Waals surface area contributed by atoms with Crippen molar-refractivity contribution in [3.05, 3.63) is 24.0 Å². The average molecular weight is 230 g/mol. The first-order valence-electron chi connectivity index (χ1n) is 5.25. The Kier molecular flexibility index (Phi) is 2.78. The van der Waals surface area contributed by atoms with Gasteiger partial charge in [0.1, 0.15) is 5.69 Å². The van der Waals surface area contributed by atoms with Crippen LogP contribution in [0.5, 0.6) is 0 Å². The predicted molar refractivity (Wildman–Crippen MR) is 55.2 cm³/mol. The minimum absolute atomic E-state index is 0.599. The monoisotopic (exact) mass is 230 g/mol. The normalized spacial score (nSPS) is 21.5. The zero-order valence-corrected chi connectivity index (χ0v) is 8.96. The molecule has 2 nitrogen and oxygen atoms in total. The second-order valence-corrected chi connectivity index (χ2v) is 4.24. The van der Waals surface area contributed by atoms with Gasteiger partial charge in [-0.05, 0) is 24.5 Å². The lowest BCUT2D eigenvalue weighted by molar-refractivity contribution is -0.141. The van der Waals surface area contributed by atoms with Crippen LogP contribution in [-0.4, -0.2) is 18.1 Å². The Labute approximate surface area is 92.1 Å². The molecule has 0 unspecified atom stereocenters. The quantitative estimate of drug-likeness (QED) is 0.737. The molecule has 0 radical (unpaired) electrons. The number of anilines is 1. The molecule has 1 aromatic heterocycles. The molecule has 1 aromatic rings. The van der Waals surface area contributed by atoms with Gasteiger partial charge < -0.3 is 4.90 Å². The summed E-state index contributed by atoms with van der Waals surface area (Å²) in [7, 11) is 0. The number of pyridine rings is 1. The van der Waals surface area contributed by atoms with Gasteiger partial charge in [0.2, 0.25) is 0 Å². The number of hydrogen-bond acceptors (Lipinski definition) is 2. The molecule has 1 aliphatic heterocycles. The van der Waals surface area contributed by atoms with E-state index in [4.69, 9.17) is 0 Å². The molecule has 1 aliphatic rings. The smallest absolute Gasteiger partial charge is 0.370 e. The first-order valence-corrected chi connectivity index (χ1v) is 5.25. The molecule has 1 saturated heterocycles. The molecule has 1 atom stereocenters. The Morgan fingerprint density at radius 2 is 2.12 bits per heavy atom. The van der Waals surface area contributed by atoms with Gasteiger partial charge in [0.05, 0.1) is 11.9 Å². The molecule has 0 spiro atoms. The second-order valence-electron chi connectivity index (χ2n) is 4.24. The maximum atomic E-state index is 12.3. The highest BCUT2D eigenvalue weighted by molar-refractivity contribution is 5.45. The summed E-state index contributed by atoms with van der Waals surface area (Å²) in [5, 5.41) is 0. The lowest BCUT2D eigenvalue weighted by Crippen LogP contribution is -2.19. The highest BCUT2D eigenvalue weighted by atomic mass is 19.4. The molecule has 16 heavy (non-hydrogen) atoms. The van der Waals surface area contributed by atoms with Crippen LogP contribution in [0.4, 0.5) is 18.9 Å². The van der Waals surface area contributed by atoms with Crippen molar-refractivity contribution >= 4 is 5.69 Å². The van der Waals surface area contributed by atoms with Crippen molar-refractivity contribution < 1.29 is 13.2 Å². The van der Waals surface area contributed by atoms with Crippen LogP contribution in [0.1, 0.15) is 19.0 Å². The average Bonchev–Trinajstić information content (AvgIpc) is 2.64. The fourth-order valence-corrected chi connectivity index (χ4v) is 1.91. The van der Waals surface area contributed by atoms with Gasteiger partial charge in [-0.2, -0.15) is 13.2 Å². The summed E-state index contributed by atoms with van der Waals surface area (Å²) >= 11 is 0. The SMILES string of the molecule is C[C@@H]1CCN(c2ccc(C(F)(F)F)nc2)C1. The topological polar surface area (TPSA) is 16.1 Å². The second kappa shape index (κ2) is 3.96. The van der Waals surface area contributed by atoms with Crippen molar-refractivity contribution in [3.63, 3.8) is 0 Å². The first kappa shape index (κ1) is 11.2. The van der Waals surface area contributed by atoms with Crippen LogP contribution in [0.2, 0.25) is 0 Å². The van der Waals surface area contributed by atoms with Gasteiger partial charge in [-0.25, -0.2) is 4.98 Å². The minimum Gasteiger partial charge on any atom is -0.370 e. The molecule has 0 amide bonds. The number of halogens is 3. The van der Waals surface area contributed by atoms with Crippen molar-refractivity contribution in [2.24, 2.45) is 5.92 Å². The van der Waals surface area contributed by atoms with E-state index in [0.29, 0.717) is 5.92 Å². The Morgan fingerprint density at radius 1 is 1.38 bits per heavy atom. The molecular formula is C11H13F3N2. The van der Waals surface area contributed by atoms with Gasteiger partial charge in [-0.3, -0.25) is 0 Å². The van der Waals surface area contributed by atoms with Crippen molar-refractivity contribution in [2.45, 2.75) is 19.5 Å². The van der Waals surface area contributed by atoms with Gasteiger partial charge in [-0.15, -0.1) is 0 Å². The largest absolute Gasteiger partial charge is 0.433 e. The third-order valence-corrected chi connectivity index (χ3v) is 2.83. The van der Waals surface area contributed by atoms with Crippen molar-refractivity contribution in [3.8, 4) is 0 Å². The van der Waals surface area contributed by atoms with Crippen LogP contribution in [-0.2, 0) is 6.18 Å². The fraction of sp³-hybridized carbons (Fsp3) is 0.545. The highest BCUT2D eigenvalue weighted by Gasteiger charge is 2.32. The van der Waals surface area contributed by atoms with Crippen LogP contribution < -0.4 is 4.90 Å². The molecule has 2 heterocycles. The predicted octanol–water partition coefficient (Wildman–Crippen LogP) is 2.95. The summed E-state index contributed by atoms with van der Waals surface area (Å²) in [6.45, 7) is 3.93. The Morgan fingerprint density at radius 3 is 2.56 bits per heavy atom. The summed E-state index contributed by atoms with van der Waals surface area (Å²) < 4.78 is 36.8. The zero-order valence-electron chi connectivity index (χ0n) is 8.96. The number of aromatic nitrogens is 1. The highest BCUT2D eigenvalue weighted by Crippen LogP contribution is 2.29. The van der Waals surface area contributed by atoms with Crippen LogP contribution in [0.15, 0.2) is 18.3 Å². The third-order valence-electron chi connectivity index (χ3n) is 2.83. The molecule has 5 heteroatoms. The Hall–Kier alpha value is -1.26. The number of nitrogens with zero attached hydrogens (tertiary/aromatic N) is 2. The Bertz CT molecular complexity index is 358. The van der Waals surface area contributed by atoms with E-state index in [9.17, 15) is 13.2 Å². The first-order chi connectivity index (χ1) is 7.47. The molecule has 0 aromatic carbocycles. The van der Waals surface area contributed by atoms with E-state index in [1.54, 1.807) is 0 Å². The molecular weight excluding hydrogens is 217 g/mol. The van der Waals surface area contributed by atoms with Crippen molar-refractivity contribution in [1.82, 2.24) is 4.98 Å². The van der Waals surface area contributed by atoms with E-state index >= 15 is 0 Å². The van der Waals surface area contributed by atoms with Crippen LogP contribution in [0.25, 0.3) is 0 Å². The summed E-state index contributed by atoms with van der Waals surface area (Å²) in [6, 6.07) is 2.53. The number of alkyl halides is 3. The van der Waals surface area contributed by atoms with E-state index in [1.165, 1.54) is 12.3 Å². The molecule has 2 rings (SSSR count). The van der Waals surface area contributed by atoms with Crippen LogP contribution in [0, 0.1) is 5.92 Å².